The molecule has 0 atom stereocenters. The third kappa shape index (κ3) is 3.55. The van der Waals surface area contributed by atoms with Gasteiger partial charge in [0.05, 0.1) is 22.3 Å². The molecule has 0 radical (unpaired) electrons. The smallest absolute Gasteiger partial charge is 0.409 e. The van der Waals surface area contributed by atoms with Crippen molar-refractivity contribution in [3.8, 4) is 0 Å². The van der Waals surface area contributed by atoms with Crippen molar-refractivity contribution in [3.05, 3.63) is 39.5 Å². The van der Waals surface area contributed by atoms with Gasteiger partial charge in [0, 0.05) is 17.6 Å². The second-order valence-corrected chi connectivity index (χ2v) is 6.06. The van der Waals surface area contributed by atoms with E-state index in [-0.39, 0.29) is 0 Å². The highest BCUT2D eigenvalue weighted by atomic mass is 35.5. The Morgan fingerprint density at radius 2 is 2.20 bits per heavy atom. The van der Waals surface area contributed by atoms with Crippen LogP contribution in [-0.2, 0) is 6.54 Å². The van der Waals surface area contributed by atoms with Crippen molar-refractivity contribution in [1.29, 1.82) is 0 Å². The summed E-state index contributed by atoms with van der Waals surface area (Å²) in [5, 5.41) is 10.9. The molecule has 1 amide bonds. The lowest BCUT2D eigenvalue weighted by atomic mass is 10.2. The molecule has 1 aromatic carbocycles. The number of amides is 1. The van der Waals surface area contributed by atoms with Gasteiger partial charge in [-0.05, 0) is 30.3 Å². The molecule has 5 nitrogen and oxygen atoms in total. The summed E-state index contributed by atoms with van der Waals surface area (Å²) in [6.07, 6.45) is -1.13. The summed E-state index contributed by atoms with van der Waals surface area (Å²) in [5.41, 5.74) is 7.51. The maximum Gasteiger partial charge on any atom is 0.409 e. The standard InChI is InChI=1S/C13H14ClN3O2S/c1-17(7-9-3-5-12(14)20-9)8-2-4-11(10(15)6-8)16-13(18)19/h2-6,16H,7,15H2,1H3,(H,18,19). The molecular weight excluding hydrogens is 298 g/mol. The lowest BCUT2D eigenvalue weighted by molar-refractivity contribution is 0.210. The second-order valence-electron chi connectivity index (χ2n) is 4.26. The predicted molar refractivity (Wildman–Crippen MR) is 83.9 cm³/mol. The molecule has 20 heavy (non-hydrogen) atoms. The molecule has 106 valence electrons. The number of hydrogen-bond acceptors (Lipinski definition) is 4. The molecule has 1 heterocycles. The third-order valence-corrected chi connectivity index (χ3v) is 3.96. The van der Waals surface area contributed by atoms with Crippen LogP contribution in [0.4, 0.5) is 21.9 Å². The van der Waals surface area contributed by atoms with E-state index in [2.05, 4.69) is 5.32 Å². The molecule has 0 aliphatic rings. The van der Waals surface area contributed by atoms with E-state index < -0.39 is 6.09 Å². The van der Waals surface area contributed by atoms with Crippen LogP contribution in [0, 0.1) is 0 Å². The minimum absolute atomic E-state index is 0.383. The molecule has 2 aromatic rings. The van der Waals surface area contributed by atoms with Gasteiger partial charge in [0.25, 0.3) is 0 Å². The Hall–Kier alpha value is -1.92. The zero-order chi connectivity index (χ0) is 14.7. The van der Waals surface area contributed by atoms with Crippen LogP contribution in [0.2, 0.25) is 4.34 Å². The van der Waals surface area contributed by atoms with Gasteiger partial charge < -0.3 is 15.7 Å². The maximum atomic E-state index is 10.6. The molecule has 0 bridgehead atoms. The lowest BCUT2D eigenvalue weighted by Gasteiger charge is -2.19. The SMILES string of the molecule is CN(Cc1ccc(Cl)s1)c1ccc(NC(=O)O)c(N)c1. The summed E-state index contributed by atoms with van der Waals surface area (Å²) in [7, 11) is 1.94. The van der Waals surface area contributed by atoms with Crippen molar-refractivity contribution < 1.29 is 9.90 Å². The van der Waals surface area contributed by atoms with Crippen LogP contribution in [0.25, 0.3) is 0 Å². The van der Waals surface area contributed by atoms with E-state index >= 15 is 0 Å². The van der Waals surface area contributed by atoms with Crippen LogP contribution >= 0.6 is 22.9 Å². The van der Waals surface area contributed by atoms with Crippen molar-refractivity contribution in [2.24, 2.45) is 0 Å². The minimum atomic E-state index is -1.13. The van der Waals surface area contributed by atoms with Crippen LogP contribution in [-0.4, -0.2) is 18.2 Å². The van der Waals surface area contributed by atoms with Crippen LogP contribution in [0.5, 0.6) is 0 Å². The Balaban J connectivity index is 2.12. The molecule has 1 aromatic heterocycles. The molecule has 0 aliphatic carbocycles. The normalized spacial score (nSPS) is 10.3. The molecular formula is C13H14ClN3O2S. The zero-order valence-electron chi connectivity index (χ0n) is 10.8. The first kappa shape index (κ1) is 14.5. The molecule has 0 saturated carbocycles. The van der Waals surface area contributed by atoms with Crippen molar-refractivity contribution in [1.82, 2.24) is 0 Å². The quantitative estimate of drug-likeness (QED) is 0.752. The summed E-state index contributed by atoms with van der Waals surface area (Å²) in [4.78, 5) is 13.8. The van der Waals surface area contributed by atoms with Crippen LogP contribution < -0.4 is 16.0 Å². The third-order valence-electron chi connectivity index (χ3n) is 2.74. The lowest BCUT2D eigenvalue weighted by Crippen LogP contribution is -2.16. The van der Waals surface area contributed by atoms with Gasteiger partial charge in [-0.1, -0.05) is 11.6 Å². The van der Waals surface area contributed by atoms with Crippen LogP contribution in [0.1, 0.15) is 4.88 Å². The fraction of sp³-hybridized carbons (Fsp3) is 0.154. The molecule has 0 unspecified atom stereocenters. The number of nitrogens with one attached hydrogen (secondary N) is 1. The van der Waals surface area contributed by atoms with Crippen molar-refractivity contribution in [3.63, 3.8) is 0 Å². The summed E-state index contributed by atoms with van der Waals surface area (Å²) >= 11 is 7.43. The highest BCUT2D eigenvalue weighted by Gasteiger charge is 2.08. The van der Waals surface area contributed by atoms with Gasteiger partial charge in [0.15, 0.2) is 0 Å². The molecule has 0 fully saturated rings. The topological polar surface area (TPSA) is 78.6 Å². The minimum Gasteiger partial charge on any atom is -0.465 e. The van der Waals surface area contributed by atoms with Gasteiger partial charge in [-0.3, -0.25) is 5.32 Å². The zero-order valence-corrected chi connectivity index (χ0v) is 12.3. The number of nitrogen functional groups attached to an aromatic ring is 1. The number of nitrogens with two attached hydrogens (primary N) is 1. The average molecular weight is 312 g/mol. The van der Waals surface area contributed by atoms with Gasteiger partial charge in [-0.15, -0.1) is 11.3 Å². The molecule has 2 rings (SSSR count). The predicted octanol–water partition coefficient (Wildman–Crippen LogP) is 3.71. The molecule has 0 spiro atoms. The Morgan fingerprint density at radius 3 is 2.75 bits per heavy atom. The molecule has 4 N–H and O–H groups in total. The van der Waals surface area contributed by atoms with E-state index in [0.29, 0.717) is 17.9 Å². The first-order chi connectivity index (χ1) is 9.45. The Morgan fingerprint density at radius 1 is 1.45 bits per heavy atom. The average Bonchev–Trinajstić information content (AvgIpc) is 2.76. The number of carbonyl (C=O) groups is 1. The maximum absolute atomic E-state index is 10.6. The van der Waals surface area contributed by atoms with Crippen LogP contribution in [0.3, 0.4) is 0 Å². The number of halogens is 1. The largest absolute Gasteiger partial charge is 0.465 e. The van der Waals surface area contributed by atoms with Crippen molar-refractivity contribution in [2.45, 2.75) is 6.54 Å². The summed E-state index contributed by atoms with van der Waals surface area (Å²) in [5.74, 6) is 0. The summed E-state index contributed by atoms with van der Waals surface area (Å²) in [6, 6.07) is 9.05. The van der Waals surface area contributed by atoms with E-state index in [4.69, 9.17) is 22.4 Å². The first-order valence-corrected chi connectivity index (χ1v) is 7.00. The summed E-state index contributed by atoms with van der Waals surface area (Å²) in [6.45, 7) is 0.711. The number of thiophene rings is 1. The first-order valence-electron chi connectivity index (χ1n) is 5.80. The van der Waals surface area contributed by atoms with E-state index in [1.807, 2.05) is 30.1 Å². The highest BCUT2D eigenvalue weighted by molar-refractivity contribution is 7.16. The van der Waals surface area contributed by atoms with Crippen molar-refractivity contribution in [2.75, 3.05) is 23.0 Å². The van der Waals surface area contributed by atoms with Gasteiger partial charge in [0.1, 0.15) is 0 Å². The van der Waals surface area contributed by atoms with Crippen molar-refractivity contribution >= 4 is 46.1 Å². The molecule has 7 heteroatoms. The van der Waals surface area contributed by atoms with Crippen LogP contribution in [0.15, 0.2) is 30.3 Å². The van der Waals surface area contributed by atoms with E-state index in [9.17, 15) is 4.79 Å². The van der Waals surface area contributed by atoms with E-state index in [1.165, 1.54) is 11.3 Å². The number of hydrogen-bond donors (Lipinski definition) is 3. The van der Waals surface area contributed by atoms with Gasteiger partial charge >= 0.3 is 6.09 Å². The number of benzene rings is 1. The number of nitrogens with zero attached hydrogens (tertiary/aromatic N) is 1. The van der Waals surface area contributed by atoms with Gasteiger partial charge in [-0.25, -0.2) is 4.79 Å². The molecule has 0 aliphatic heterocycles. The van der Waals surface area contributed by atoms with E-state index in [1.54, 1.807) is 12.1 Å². The van der Waals surface area contributed by atoms with E-state index in [0.717, 1.165) is 14.9 Å². The molecule has 0 saturated heterocycles. The van der Waals surface area contributed by atoms with Gasteiger partial charge in [-0.2, -0.15) is 0 Å². The fourth-order valence-corrected chi connectivity index (χ4v) is 2.92. The number of rotatable bonds is 4. The Kier molecular flexibility index (Phi) is 4.36. The van der Waals surface area contributed by atoms with Gasteiger partial charge in [0.2, 0.25) is 0 Å². The second kappa shape index (κ2) is 6.02. The monoisotopic (exact) mass is 311 g/mol. The number of carboxylic acid groups (broad SMARTS) is 1. The fourth-order valence-electron chi connectivity index (χ4n) is 1.78. The number of anilines is 3. The Bertz CT molecular complexity index is 630. The Labute approximate surface area is 125 Å². The highest BCUT2D eigenvalue weighted by Crippen LogP contribution is 2.28. The summed E-state index contributed by atoms with van der Waals surface area (Å²) < 4.78 is 0.758.